The van der Waals surface area contributed by atoms with Gasteiger partial charge in [0.25, 0.3) is 0 Å². The highest BCUT2D eigenvalue weighted by Gasteiger charge is 2.22. The minimum atomic E-state index is -0.975. The smallest absolute Gasteiger partial charge is 0.315 e. The number of carbonyl (C=O) groups excluding carboxylic acids is 4. The Morgan fingerprint density at radius 3 is 2.06 bits per heavy atom. The van der Waals surface area contributed by atoms with Crippen molar-refractivity contribution < 1.29 is 19.2 Å². The molecule has 0 radical (unpaired) electrons. The van der Waals surface area contributed by atoms with Crippen LogP contribution in [-0.2, 0) is 14.4 Å². The van der Waals surface area contributed by atoms with E-state index in [9.17, 15) is 19.2 Å². The molecule has 0 saturated heterocycles. The number of hydrogen-bond acceptors (Lipinski definition) is 6. The summed E-state index contributed by atoms with van der Waals surface area (Å²) in [5.74, 6) is -0.578. The third kappa shape index (κ3) is 13.8. The third-order valence-corrected chi connectivity index (χ3v) is 4.81. The number of nitrogens with two attached hydrogens (primary N) is 1. The molecule has 0 spiro atoms. The van der Waals surface area contributed by atoms with E-state index in [-0.39, 0.29) is 42.9 Å². The molecule has 0 rings (SSSR count). The highest BCUT2D eigenvalue weighted by Crippen LogP contribution is 1.99. The molecule has 7 N–H and O–H groups in total. The lowest BCUT2D eigenvalue weighted by molar-refractivity contribution is -0.129. The van der Waals surface area contributed by atoms with Crippen molar-refractivity contribution in [2.75, 3.05) is 18.8 Å². The summed E-state index contributed by atoms with van der Waals surface area (Å²) < 4.78 is 0. The maximum Gasteiger partial charge on any atom is 0.315 e. The topological polar surface area (TPSA) is 154 Å². The molecule has 0 saturated carbocycles. The molecular formula is C20H40N6O4S. The SMILES string of the molecule is CCCC(C)NC(=O)NC(C)CCC(=O)NCC(N)C(=O)NC(CC)C(=O)NCCS. The second kappa shape index (κ2) is 16.7. The Hall–Kier alpha value is -2.01. The molecule has 0 fully saturated rings. The first-order valence-corrected chi connectivity index (χ1v) is 11.6. The Labute approximate surface area is 191 Å². The fourth-order valence-corrected chi connectivity index (χ4v) is 2.86. The lowest BCUT2D eigenvalue weighted by Gasteiger charge is -2.20. The number of carbonyl (C=O) groups is 4. The molecule has 0 aromatic heterocycles. The van der Waals surface area contributed by atoms with Crippen LogP contribution in [0.4, 0.5) is 4.79 Å². The van der Waals surface area contributed by atoms with Gasteiger partial charge in [0.1, 0.15) is 12.1 Å². The van der Waals surface area contributed by atoms with E-state index >= 15 is 0 Å². The Kier molecular flexibility index (Phi) is 15.6. The summed E-state index contributed by atoms with van der Waals surface area (Å²) in [5.41, 5.74) is 5.83. The fraction of sp³-hybridized carbons (Fsp3) is 0.800. The number of nitrogens with one attached hydrogen (secondary N) is 5. The van der Waals surface area contributed by atoms with E-state index in [0.717, 1.165) is 12.8 Å². The van der Waals surface area contributed by atoms with Crippen LogP contribution in [-0.4, -0.2) is 66.8 Å². The number of amides is 5. The van der Waals surface area contributed by atoms with E-state index in [4.69, 9.17) is 5.73 Å². The van der Waals surface area contributed by atoms with Crippen molar-refractivity contribution >= 4 is 36.4 Å². The summed E-state index contributed by atoms with van der Waals surface area (Å²) in [4.78, 5) is 48.1. The van der Waals surface area contributed by atoms with Gasteiger partial charge in [-0.05, 0) is 33.1 Å². The van der Waals surface area contributed by atoms with Crippen LogP contribution >= 0.6 is 12.6 Å². The van der Waals surface area contributed by atoms with Gasteiger partial charge in [0.15, 0.2) is 0 Å². The predicted molar refractivity (Wildman–Crippen MR) is 125 cm³/mol. The molecular weight excluding hydrogens is 420 g/mol. The van der Waals surface area contributed by atoms with Crippen LogP contribution in [0.15, 0.2) is 0 Å². The van der Waals surface area contributed by atoms with Gasteiger partial charge in [-0.25, -0.2) is 4.79 Å². The van der Waals surface area contributed by atoms with Crippen LogP contribution < -0.4 is 32.3 Å². The molecule has 180 valence electrons. The molecule has 31 heavy (non-hydrogen) atoms. The fourth-order valence-electron chi connectivity index (χ4n) is 2.75. The summed E-state index contributed by atoms with van der Waals surface area (Å²) in [5, 5.41) is 13.5. The Morgan fingerprint density at radius 2 is 1.52 bits per heavy atom. The Balaban J connectivity index is 4.22. The van der Waals surface area contributed by atoms with Crippen LogP contribution in [0.2, 0.25) is 0 Å². The summed E-state index contributed by atoms with van der Waals surface area (Å²) in [6.07, 6.45) is 2.94. The maximum absolute atomic E-state index is 12.2. The van der Waals surface area contributed by atoms with E-state index < -0.39 is 18.0 Å². The zero-order chi connectivity index (χ0) is 23.8. The van der Waals surface area contributed by atoms with Crippen molar-refractivity contribution in [3.8, 4) is 0 Å². The van der Waals surface area contributed by atoms with Gasteiger partial charge >= 0.3 is 6.03 Å². The van der Waals surface area contributed by atoms with Crippen LogP contribution in [0.5, 0.6) is 0 Å². The first-order chi connectivity index (χ1) is 14.6. The molecule has 4 atom stereocenters. The normalized spacial score (nSPS) is 14.5. The second-order valence-electron chi connectivity index (χ2n) is 7.64. The van der Waals surface area contributed by atoms with Gasteiger partial charge in [-0.15, -0.1) is 0 Å². The van der Waals surface area contributed by atoms with Crippen LogP contribution in [0.3, 0.4) is 0 Å². The van der Waals surface area contributed by atoms with Gasteiger partial charge in [0.05, 0.1) is 0 Å². The maximum atomic E-state index is 12.2. The summed E-state index contributed by atoms with van der Waals surface area (Å²) >= 11 is 4.02. The van der Waals surface area contributed by atoms with Gasteiger partial charge in [-0.3, -0.25) is 14.4 Å². The van der Waals surface area contributed by atoms with Crippen molar-refractivity contribution in [1.82, 2.24) is 26.6 Å². The number of thiol groups is 1. The lowest BCUT2D eigenvalue weighted by atomic mass is 10.1. The largest absolute Gasteiger partial charge is 0.354 e. The van der Waals surface area contributed by atoms with Gasteiger partial charge in [-0.2, -0.15) is 12.6 Å². The van der Waals surface area contributed by atoms with Gasteiger partial charge in [0, 0.05) is 37.3 Å². The lowest BCUT2D eigenvalue weighted by Crippen LogP contribution is -2.54. The molecule has 5 amide bonds. The highest BCUT2D eigenvalue weighted by molar-refractivity contribution is 7.80. The molecule has 0 heterocycles. The molecule has 4 unspecified atom stereocenters. The second-order valence-corrected chi connectivity index (χ2v) is 8.09. The quantitative estimate of drug-likeness (QED) is 0.172. The molecule has 11 heteroatoms. The van der Waals surface area contributed by atoms with Crippen LogP contribution in [0, 0.1) is 0 Å². The standard InChI is InChI=1S/C20H40N6O4S/c1-5-7-13(3)24-20(30)25-14(4)8-9-17(27)23-12-15(21)18(28)26-16(6-2)19(29)22-10-11-31/h13-16,31H,5-12,21H2,1-4H3,(H,22,29)(H,23,27)(H,26,28)(H2,24,25,30). The Bertz CT molecular complexity index is 578. The average molecular weight is 461 g/mol. The minimum Gasteiger partial charge on any atom is -0.354 e. The minimum absolute atomic E-state index is 0.0454. The average Bonchev–Trinajstić information content (AvgIpc) is 2.72. The van der Waals surface area contributed by atoms with Crippen LogP contribution in [0.1, 0.15) is 59.8 Å². The zero-order valence-electron chi connectivity index (χ0n) is 19.1. The van der Waals surface area contributed by atoms with Gasteiger partial charge < -0.3 is 32.3 Å². The molecule has 0 aliphatic carbocycles. The predicted octanol–water partition coefficient (Wildman–Crippen LogP) is 0.0272. The number of hydrogen-bond donors (Lipinski definition) is 7. The molecule has 0 aromatic rings. The van der Waals surface area contributed by atoms with Crippen molar-refractivity contribution in [2.24, 2.45) is 5.73 Å². The molecule has 0 aliphatic rings. The van der Waals surface area contributed by atoms with E-state index in [2.05, 4.69) is 46.1 Å². The van der Waals surface area contributed by atoms with Gasteiger partial charge in [0.2, 0.25) is 17.7 Å². The number of rotatable bonds is 15. The first kappa shape index (κ1) is 29.0. The van der Waals surface area contributed by atoms with E-state index in [0.29, 0.717) is 25.1 Å². The van der Waals surface area contributed by atoms with Crippen molar-refractivity contribution in [2.45, 2.75) is 84.0 Å². The first-order valence-electron chi connectivity index (χ1n) is 10.9. The summed E-state index contributed by atoms with van der Waals surface area (Å²) in [6.45, 7) is 7.95. The third-order valence-electron chi connectivity index (χ3n) is 4.59. The molecule has 10 nitrogen and oxygen atoms in total. The van der Waals surface area contributed by atoms with Crippen molar-refractivity contribution in [3.63, 3.8) is 0 Å². The van der Waals surface area contributed by atoms with E-state index in [1.54, 1.807) is 6.92 Å². The summed E-state index contributed by atoms with van der Waals surface area (Å²) in [7, 11) is 0. The van der Waals surface area contributed by atoms with Crippen LogP contribution in [0.25, 0.3) is 0 Å². The molecule has 0 bridgehead atoms. The van der Waals surface area contributed by atoms with Crippen molar-refractivity contribution in [1.29, 1.82) is 0 Å². The number of urea groups is 1. The van der Waals surface area contributed by atoms with E-state index in [1.807, 2.05) is 13.8 Å². The molecule has 0 aliphatic heterocycles. The monoisotopic (exact) mass is 460 g/mol. The molecule has 0 aromatic carbocycles. The highest BCUT2D eigenvalue weighted by atomic mass is 32.1. The van der Waals surface area contributed by atoms with Gasteiger partial charge in [-0.1, -0.05) is 20.3 Å². The summed E-state index contributed by atoms with van der Waals surface area (Å²) in [6, 6.07) is -2.01. The Morgan fingerprint density at radius 1 is 0.903 bits per heavy atom. The van der Waals surface area contributed by atoms with Crippen molar-refractivity contribution in [3.05, 3.63) is 0 Å². The van der Waals surface area contributed by atoms with E-state index in [1.165, 1.54) is 0 Å². The zero-order valence-corrected chi connectivity index (χ0v) is 20.0.